The number of nitrogens with one attached hydrogen (secondary N) is 1. The highest BCUT2D eigenvalue weighted by atomic mass is 16.5. The molecule has 2 rings (SSSR count). The molecule has 0 aliphatic heterocycles. The highest BCUT2D eigenvalue weighted by Crippen LogP contribution is 2.25. The summed E-state index contributed by atoms with van der Waals surface area (Å²) in [7, 11) is 0. The van der Waals surface area contributed by atoms with Crippen molar-refractivity contribution in [2.45, 2.75) is 52.5 Å². The topological polar surface area (TPSA) is 34.2 Å². The van der Waals surface area contributed by atoms with E-state index in [2.05, 4.69) is 30.2 Å². The van der Waals surface area contributed by atoms with Crippen LogP contribution in [-0.4, -0.2) is 18.1 Å². The van der Waals surface area contributed by atoms with Crippen molar-refractivity contribution in [2.75, 3.05) is 13.2 Å². The van der Waals surface area contributed by atoms with Crippen molar-refractivity contribution < 1.29 is 4.74 Å². The molecule has 20 heavy (non-hydrogen) atoms. The predicted octanol–water partition coefficient (Wildman–Crippen LogP) is 3.79. The Kier molecular flexibility index (Phi) is 6.31. The maximum absolute atomic E-state index is 5.98. The average molecular weight is 276 g/mol. The van der Waals surface area contributed by atoms with Crippen molar-refractivity contribution in [3.63, 3.8) is 0 Å². The molecule has 1 N–H and O–H groups in total. The third kappa shape index (κ3) is 5.12. The highest BCUT2D eigenvalue weighted by Gasteiger charge is 2.15. The molecule has 0 aromatic carbocycles. The lowest BCUT2D eigenvalue weighted by Crippen LogP contribution is -2.20. The zero-order chi connectivity index (χ0) is 14.2. The lowest BCUT2D eigenvalue weighted by atomic mass is 9.90. The highest BCUT2D eigenvalue weighted by molar-refractivity contribution is 5.25. The Bertz CT molecular complexity index is 386. The number of aromatic nitrogens is 1. The standard InChI is InChI=1S/C17H28N2O/c1-14(2)11-18-12-16-9-6-10-19-17(16)20-13-15-7-4-3-5-8-15/h6,9-10,14-15,18H,3-5,7-8,11-13H2,1-2H3. The first-order chi connectivity index (χ1) is 9.75. The molecule has 1 aromatic heterocycles. The van der Waals surface area contributed by atoms with E-state index >= 15 is 0 Å². The summed E-state index contributed by atoms with van der Waals surface area (Å²) in [6, 6.07) is 4.09. The van der Waals surface area contributed by atoms with Gasteiger partial charge in [-0.05, 0) is 37.3 Å². The molecule has 112 valence electrons. The fraction of sp³-hybridized carbons (Fsp3) is 0.706. The van der Waals surface area contributed by atoms with Gasteiger partial charge in [-0.2, -0.15) is 0 Å². The largest absolute Gasteiger partial charge is 0.477 e. The number of pyridine rings is 1. The predicted molar refractivity (Wildman–Crippen MR) is 82.9 cm³/mol. The quantitative estimate of drug-likeness (QED) is 0.823. The molecule has 0 atom stereocenters. The molecule has 3 heteroatoms. The molecule has 1 aromatic rings. The van der Waals surface area contributed by atoms with E-state index in [0.29, 0.717) is 5.92 Å². The van der Waals surface area contributed by atoms with Gasteiger partial charge in [-0.25, -0.2) is 4.98 Å². The van der Waals surface area contributed by atoms with E-state index in [-0.39, 0.29) is 0 Å². The molecule has 0 amide bonds. The fourth-order valence-corrected chi connectivity index (χ4v) is 2.73. The van der Waals surface area contributed by atoms with Gasteiger partial charge in [0.2, 0.25) is 5.88 Å². The van der Waals surface area contributed by atoms with E-state index in [9.17, 15) is 0 Å². The Morgan fingerprint density at radius 3 is 2.85 bits per heavy atom. The van der Waals surface area contributed by atoms with Crippen LogP contribution in [0.4, 0.5) is 0 Å². The summed E-state index contributed by atoms with van der Waals surface area (Å²) in [5.74, 6) is 2.20. The Morgan fingerprint density at radius 2 is 2.10 bits per heavy atom. The number of nitrogens with zero attached hydrogens (tertiary/aromatic N) is 1. The molecule has 0 unspecified atom stereocenters. The van der Waals surface area contributed by atoms with Crippen LogP contribution in [0.5, 0.6) is 5.88 Å². The van der Waals surface area contributed by atoms with Crippen molar-refractivity contribution in [1.82, 2.24) is 10.3 Å². The van der Waals surface area contributed by atoms with Gasteiger partial charge in [0, 0.05) is 18.3 Å². The minimum atomic E-state index is 0.665. The molecule has 1 aliphatic rings. The van der Waals surface area contributed by atoms with E-state index in [0.717, 1.165) is 31.5 Å². The summed E-state index contributed by atoms with van der Waals surface area (Å²) in [5.41, 5.74) is 1.17. The van der Waals surface area contributed by atoms with Gasteiger partial charge in [0.25, 0.3) is 0 Å². The van der Waals surface area contributed by atoms with E-state index in [1.807, 2.05) is 12.3 Å². The Labute approximate surface area is 123 Å². The van der Waals surface area contributed by atoms with Crippen LogP contribution in [0.15, 0.2) is 18.3 Å². The van der Waals surface area contributed by atoms with Gasteiger partial charge < -0.3 is 10.1 Å². The minimum absolute atomic E-state index is 0.665. The molecular weight excluding hydrogens is 248 g/mol. The van der Waals surface area contributed by atoms with E-state index in [4.69, 9.17) is 4.74 Å². The molecule has 1 heterocycles. The van der Waals surface area contributed by atoms with Crippen LogP contribution in [0.1, 0.15) is 51.5 Å². The van der Waals surface area contributed by atoms with Gasteiger partial charge in [-0.15, -0.1) is 0 Å². The maximum atomic E-state index is 5.98. The van der Waals surface area contributed by atoms with Crippen molar-refractivity contribution in [3.05, 3.63) is 23.9 Å². The fourth-order valence-electron chi connectivity index (χ4n) is 2.73. The molecule has 1 aliphatic carbocycles. The Morgan fingerprint density at radius 1 is 1.30 bits per heavy atom. The Hall–Kier alpha value is -1.09. The maximum Gasteiger partial charge on any atom is 0.217 e. The lowest BCUT2D eigenvalue weighted by molar-refractivity contribution is 0.201. The van der Waals surface area contributed by atoms with Gasteiger partial charge in [0.05, 0.1) is 6.61 Å². The first-order valence-electron chi connectivity index (χ1n) is 8.03. The van der Waals surface area contributed by atoms with Crippen LogP contribution in [0.3, 0.4) is 0 Å². The average Bonchev–Trinajstić information content (AvgIpc) is 2.47. The summed E-state index contributed by atoms with van der Waals surface area (Å²) in [5, 5.41) is 3.46. The zero-order valence-corrected chi connectivity index (χ0v) is 12.9. The molecule has 0 spiro atoms. The summed E-state index contributed by atoms with van der Waals surface area (Å²) in [6.45, 7) is 7.13. The molecule has 0 bridgehead atoms. The van der Waals surface area contributed by atoms with Crippen molar-refractivity contribution in [2.24, 2.45) is 11.8 Å². The number of ether oxygens (including phenoxy) is 1. The molecule has 0 saturated heterocycles. The second-order valence-corrected chi connectivity index (χ2v) is 6.31. The van der Waals surface area contributed by atoms with Crippen LogP contribution >= 0.6 is 0 Å². The van der Waals surface area contributed by atoms with Crippen molar-refractivity contribution in [1.29, 1.82) is 0 Å². The third-order valence-electron chi connectivity index (χ3n) is 3.90. The van der Waals surface area contributed by atoms with E-state index < -0.39 is 0 Å². The van der Waals surface area contributed by atoms with E-state index in [1.165, 1.54) is 37.7 Å². The molecule has 3 nitrogen and oxygen atoms in total. The SMILES string of the molecule is CC(C)CNCc1cccnc1OCC1CCCCC1. The number of hydrogen-bond donors (Lipinski definition) is 1. The van der Waals surface area contributed by atoms with Crippen LogP contribution in [0.2, 0.25) is 0 Å². The first kappa shape index (κ1) is 15.3. The van der Waals surface area contributed by atoms with Gasteiger partial charge in [0.1, 0.15) is 0 Å². The number of rotatable bonds is 7. The molecule has 1 fully saturated rings. The van der Waals surface area contributed by atoms with Crippen LogP contribution < -0.4 is 10.1 Å². The van der Waals surface area contributed by atoms with E-state index in [1.54, 1.807) is 0 Å². The van der Waals surface area contributed by atoms with Crippen molar-refractivity contribution >= 4 is 0 Å². The monoisotopic (exact) mass is 276 g/mol. The van der Waals surface area contributed by atoms with Gasteiger partial charge in [-0.1, -0.05) is 39.2 Å². The first-order valence-corrected chi connectivity index (χ1v) is 8.03. The van der Waals surface area contributed by atoms with Crippen LogP contribution in [-0.2, 0) is 6.54 Å². The number of hydrogen-bond acceptors (Lipinski definition) is 3. The summed E-state index contributed by atoms with van der Waals surface area (Å²) >= 11 is 0. The lowest BCUT2D eigenvalue weighted by Gasteiger charge is -2.22. The molecule has 1 saturated carbocycles. The summed E-state index contributed by atoms with van der Waals surface area (Å²) in [6.07, 6.45) is 8.56. The zero-order valence-electron chi connectivity index (χ0n) is 12.9. The second-order valence-electron chi connectivity index (χ2n) is 6.31. The van der Waals surface area contributed by atoms with Gasteiger partial charge in [-0.3, -0.25) is 0 Å². The second kappa shape index (κ2) is 8.25. The van der Waals surface area contributed by atoms with Crippen molar-refractivity contribution in [3.8, 4) is 5.88 Å². The van der Waals surface area contributed by atoms with Crippen LogP contribution in [0, 0.1) is 11.8 Å². The molecular formula is C17H28N2O. The summed E-state index contributed by atoms with van der Waals surface area (Å²) in [4.78, 5) is 4.40. The minimum Gasteiger partial charge on any atom is -0.477 e. The summed E-state index contributed by atoms with van der Waals surface area (Å²) < 4.78 is 5.98. The van der Waals surface area contributed by atoms with Crippen LogP contribution in [0.25, 0.3) is 0 Å². The molecule has 0 radical (unpaired) electrons. The normalized spacial score (nSPS) is 16.6. The third-order valence-corrected chi connectivity index (χ3v) is 3.90. The Balaban J connectivity index is 1.83. The van der Waals surface area contributed by atoms with Gasteiger partial charge in [0.15, 0.2) is 0 Å². The smallest absolute Gasteiger partial charge is 0.217 e. The van der Waals surface area contributed by atoms with Gasteiger partial charge >= 0.3 is 0 Å².